The highest BCUT2D eigenvalue weighted by molar-refractivity contribution is 5.79. The molecule has 1 aliphatic heterocycles. The van der Waals surface area contributed by atoms with Gasteiger partial charge in [0.1, 0.15) is 12.2 Å². The first-order valence-corrected chi connectivity index (χ1v) is 10.2. The molecular formula is C20H30FN3O2. The van der Waals surface area contributed by atoms with Crippen LogP contribution in [0.5, 0.6) is 0 Å². The van der Waals surface area contributed by atoms with Gasteiger partial charge in [0, 0.05) is 18.6 Å². The van der Waals surface area contributed by atoms with Gasteiger partial charge >= 0.3 is 0 Å². The van der Waals surface area contributed by atoms with Crippen LogP contribution in [0.2, 0.25) is 0 Å². The number of amides is 1. The summed E-state index contributed by atoms with van der Waals surface area (Å²) in [6.45, 7) is 3.39. The molecular weight excluding hydrogens is 333 g/mol. The molecule has 3 saturated carbocycles. The summed E-state index contributed by atoms with van der Waals surface area (Å²) in [4.78, 5) is 13.8. The highest BCUT2D eigenvalue weighted by Gasteiger charge is 2.48. The maximum Gasteiger partial charge on any atom is 0.237 e. The van der Waals surface area contributed by atoms with Gasteiger partial charge in [-0.15, -0.1) is 0 Å². The number of fused-ring (bicyclic) bond motifs is 1. The zero-order valence-electron chi connectivity index (χ0n) is 15.6. The standard InChI is InChI=1S/C20H30FN3O2/c1-20(23-10-19(25)24-11-16(21)6-17(24)9-22)7-14-4-18(5-15(14)8-20)26-12-13-2-3-13/h13-18,23H,2-8,10-12H2,1H3/t14-,15+,16-,17?,18?,20?/m0/s1. The molecule has 4 fully saturated rings. The molecule has 1 heterocycles. The number of ether oxygens (including phenoxy) is 1. The van der Waals surface area contributed by atoms with Crippen LogP contribution in [0.4, 0.5) is 4.39 Å². The number of hydrogen-bond donors (Lipinski definition) is 1. The number of likely N-dealkylation sites (tertiary alicyclic amines) is 1. The fourth-order valence-electron chi connectivity index (χ4n) is 5.31. The molecule has 5 nitrogen and oxygen atoms in total. The minimum Gasteiger partial charge on any atom is -0.378 e. The van der Waals surface area contributed by atoms with Crippen molar-refractivity contribution in [3.8, 4) is 6.07 Å². The zero-order valence-corrected chi connectivity index (χ0v) is 15.6. The lowest BCUT2D eigenvalue weighted by atomic mass is 9.95. The molecule has 4 rings (SSSR count). The first-order chi connectivity index (χ1) is 12.5. The van der Waals surface area contributed by atoms with Gasteiger partial charge < -0.3 is 15.0 Å². The van der Waals surface area contributed by atoms with Gasteiger partial charge in [-0.05, 0) is 63.2 Å². The number of nitriles is 1. The predicted molar refractivity (Wildman–Crippen MR) is 94.9 cm³/mol. The van der Waals surface area contributed by atoms with E-state index < -0.39 is 12.2 Å². The molecule has 4 aliphatic rings. The molecule has 0 aromatic carbocycles. The summed E-state index contributed by atoms with van der Waals surface area (Å²) in [6, 6.07) is 1.44. The molecule has 0 aromatic heterocycles. The molecule has 26 heavy (non-hydrogen) atoms. The van der Waals surface area contributed by atoms with Crippen LogP contribution in [-0.2, 0) is 9.53 Å². The fourth-order valence-corrected chi connectivity index (χ4v) is 5.31. The SMILES string of the molecule is CC1(NCC(=O)N2C[C@@H](F)CC2C#N)C[C@H]2CC(OCC3CC3)C[C@H]2C1. The molecule has 1 saturated heterocycles. The second-order valence-electron chi connectivity index (χ2n) is 9.24. The zero-order chi connectivity index (χ0) is 18.3. The van der Waals surface area contributed by atoms with Gasteiger partial charge in [0.2, 0.25) is 5.91 Å². The summed E-state index contributed by atoms with van der Waals surface area (Å²) in [5, 5.41) is 12.5. The lowest BCUT2D eigenvalue weighted by molar-refractivity contribution is -0.130. The Morgan fingerprint density at radius 3 is 2.62 bits per heavy atom. The minimum atomic E-state index is -1.07. The lowest BCUT2D eigenvalue weighted by Crippen LogP contribution is -2.48. The smallest absolute Gasteiger partial charge is 0.237 e. The molecule has 1 N–H and O–H groups in total. The number of carbonyl (C=O) groups excluding carboxylic acids is 1. The second-order valence-corrected chi connectivity index (χ2v) is 9.24. The van der Waals surface area contributed by atoms with E-state index in [1.54, 1.807) is 0 Å². The molecule has 6 atom stereocenters. The molecule has 1 amide bonds. The Hall–Kier alpha value is -1.19. The highest BCUT2D eigenvalue weighted by Crippen LogP contribution is 2.49. The minimum absolute atomic E-state index is 0.0383. The number of halogens is 1. The normalized spacial score (nSPS) is 42.0. The summed E-state index contributed by atoms with van der Waals surface area (Å²) in [7, 11) is 0. The summed E-state index contributed by atoms with van der Waals surface area (Å²) >= 11 is 0. The Morgan fingerprint density at radius 2 is 2.00 bits per heavy atom. The van der Waals surface area contributed by atoms with Gasteiger partial charge in [0.05, 0.1) is 25.3 Å². The summed E-state index contributed by atoms with van der Waals surface area (Å²) in [6.07, 6.45) is 6.61. The molecule has 0 spiro atoms. The molecule has 0 bridgehead atoms. The van der Waals surface area contributed by atoms with E-state index in [0.29, 0.717) is 17.9 Å². The van der Waals surface area contributed by atoms with Gasteiger partial charge in [-0.1, -0.05) is 0 Å². The molecule has 6 heteroatoms. The van der Waals surface area contributed by atoms with Crippen LogP contribution < -0.4 is 5.32 Å². The Balaban J connectivity index is 1.23. The molecule has 0 aromatic rings. The van der Waals surface area contributed by atoms with Crippen LogP contribution in [-0.4, -0.2) is 54.4 Å². The number of nitrogens with zero attached hydrogens (tertiary/aromatic N) is 2. The fraction of sp³-hybridized carbons (Fsp3) is 0.900. The van der Waals surface area contributed by atoms with Crippen LogP contribution in [0, 0.1) is 29.1 Å². The molecule has 0 radical (unpaired) electrons. The van der Waals surface area contributed by atoms with Gasteiger partial charge in [-0.25, -0.2) is 4.39 Å². The Bertz CT molecular complexity index is 574. The Morgan fingerprint density at radius 1 is 1.31 bits per heavy atom. The van der Waals surface area contributed by atoms with Crippen LogP contribution in [0.25, 0.3) is 0 Å². The number of alkyl halides is 1. The second kappa shape index (κ2) is 7.09. The topological polar surface area (TPSA) is 65.4 Å². The van der Waals surface area contributed by atoms with Crippen LogP contribution in [0.1, 0.15) is 51.9 Å². The van der Waals surface area contributed by atoms with Crippen molar-refractivity contribution in [1.29, 1.82) is 5.26 Å². The van der Waals surface area contributed by atoms with E-state index in [9.17, 15) is 9.18 Å². The number of rotatable bonds is 6. The molecule has 3 unspecified atom stereocenters. The summed E-state index contributed by atoms with van der Waals surface area (Å²) < 4.78 is 19.6. The average Bonchev–Trinajstić information content (AvgIpc) is 3.14. The van der Waals surface area contributed by atoms with Crippen molar-refractivity contribution in [3.05, 3.63) is 0 Å². The first kappa shape index (κ1) is 18.2. The summed E-state index contributed by atoms with van der Waals surface area (Å²) in [5.41, 5.74) is -0.0383. The third kappa shape index (κ3) is 3.89. The predicted octanol–water partition coefficient (Wildman–Crippen LogP) is 2.41. The van der Waals surface area contributed by atoms with Crippen molar-refractivity contribution in [1.82, 2.24) is 10.2 Å². The molecule has 3 aliphatic carbocycles. The third-order valence-electron chi connectivity index (χ3n) is 6.87. The van der Waals surface area contributed by atoms with E-state index >= 15 is 0 Å². The van der Waals surface area contributed by atoms with Gasteiger partial charge in [0.25, 0.3) is 0 Å². The van der Waals surface area contributed by atoms with Crippen molar-refractivity contribution in [3.63, 3.8) is 0 Å². The van der Waals surface area contributed by atoms with E-state index in [1.807, 2.05) is 6.07 Å². The van der Waals surface area contributed by atoms with Crippen LogP contribution in [0.15, 0.2) is 0 Å². The van der Waals surface area contributed by atoms with Crippen molar-refractivity contribution >= 4 is 5.91 Å². The number of carbonyl (C=O) groups is 1. The van der Waals surface area contributed by atoms with Gasteiger partial charge in [0.15, 0.2) is 0 Å². The van der Waals surface area contributed by atoms with E-state index in [-0.39, 0.29) is 31.0 Å². The Kier molecular flexibility index (Phi) is 4.96. The summed E-state index contributed by atoms with van der Waals surface area (Å²) in [5.74, 6) is 2.03. The van der Waals surface area contributed by atoms with Crippen LogP contribution >= 0.6 is 0 Å². The van der Waals surface area contributed by atoms with Gasteiger partial charge in [-0.2, -0.15) is 5.26 Å². The first-order valence-electron chi connectivity index (χ1n) is 10.2. The van der Waals surface area contributed by atoms with Crippen LogP contribution in [0.3, 0.4) is 0 Å². The van der Waals surface area contributed by atoms with Crippen molar-refractivity contribution < 1.29 is 13.9 Å². The van der Waals surface area contributed by atoms with Crippen molar-refractivity contribution in [2.45, 2.75) is 75.7 Å². The molecule has 144 valence electrons. The number of nitrogens with one attached hydrogen (secondary N) is 1. The van der Waals surface area contributed by atoms with E-state index in [1.165, 1.54) is 17.7 Å². The highest BCUT2D eigenvalue weighted by atomic mass is 19.1. The van der Waals surface area contributed by atoms with E-state index in [4.69, 9.17) is 10.00 Å². The van der Waals surface area contributed by atoms with Gasteiger partial charge in [-0.3, -0.25) is 4.79 Å². The maximum atomic E-state index is 13.5. The number of hydrogen-bond acceptors (Lipinski definition) is 4. The Labute approximate surface area is 155 Å². The van der Waals surface area contributed by atoms with Crippen molar-refractivity contribution in [2.75, 3.05) is 19.7 Å². The monoisotopic (exact) mass is 363 g/mol. The average molecular weight is 363 g/mol. The van der Waals surface area contributed by atoms with E-state index in [2.05, 4.69) is 12.2 Å². The quantitative estimate of drug-likeness (QED) is 0.787. The third-order valence-corrected chi connectivity index (χ3v) is 6.87. The van der Waals surface area contributed by atoms with E-state index in [0.717, 1.165) is 38.2 Å². The lowest BCUT2D eigenvalue weighted by Gasteiger charge is -2.29. The largest absolute Gasteiger partial charge is 0.378 e. The maximum absolute atomic E-state index is 13.5. The van der Waals surface area contributed by atoms with Crippen molar-refractivity contribution in [2.24, 2.45) is 17.8 Å².